The molecule has 3 heteroatoms. The lowest BCUT2D eigenvalue weighted by atomic mass is 9.89. The van der Waals surface area contributed by atoms with Gasteiger partial charge in [-0.3, -0.25) is 0 Å². The summed E-state index contributed by atoms with van der Waals surface area (Å²) in [7, 11) is 2.07. The van der Waals surface area contributed by atoms with Gasteiger partial charge in [-0.1, -0.05) is 36.4 Å². The lowest BCUT2D eigenvalue weighted by molar-refractivity contribution is 0.476. The number of para-hydroxylation sites is 2. The second-order valence-corrected chi connectivity index (χ2v) is 7.31. The third-order valence-corrected chi connectivity index (χ3v) is 6.10. The van der Waals surface area contributed by atoms with Crippen LogP contribution in [0.4, 0.5) is 0 Å². The molecule has 118 valence electrons. The normalized spacial score (nSPS) is 18.8. The summed E-state index contributed by atoms with van der Waals surface area (Å²) in [6, 6.07) is 20.1. The minimum absolute atomic E-state index is 0.490. The first-order valence-corrected chi connectivity index (χ1v) is 9.28. The van der Waals surface area contributed by atoms with E-state index in [0.717, 1.165) is 0 Å². The molecule has 0 spiro atoms. The number of likely N-dealkylation sites (N-methyl/N-ethyl adjacent to an activating group) is 1. The average molecular weight is 322 g/mol. The maximum atomic E-state index is 3.47. The Kier molecular flexibility index (Phi) is 3.92. The smallest absolute Gasteiger partial charge is 0.0841 e. The highest BCUT2D eigenvalue weighted by Gasteiger charge is 2.31. The zero-order valence-electron chi connectivity index (χ0n) is 13.6. The van der Waals surface area contributed by atoms with E-state index in [1.54, 1.807) is 0 Å². The zero-order valence-corrected chi connectivity index (χ0v) is 14.4. The number of benzene rings is 2. The Morgan fingerprint density at radius 2 is 1.83 bits per heavy atom. The van der Waals surface area contributed by atoms with E-state index < -0.39 is 0 Å². The van der Waals surface area contributed by atoms with Gasteiger partial charge < -0.3 is 9.88 Å². The van der Waals surface area contributed by atoms with Gasteiger partial charge in [0.2, 0.25) is 0 Å². The monoisotopic (exact) mass is 322 g/mol. The van der Waals surface area contributed by atoms with Crippen LogP contribution < -0.4 is 5.32 Å². The maximum Gasteiger partial charge on any atom is 0.0841 e. The van der Waals surface area contributed by atoms with Gasteiger partial charge in [-0.15, -0.1) is 11.8 Å². The lowest BCUT2D eigenvalue weighted by Crippen LogP contribution is -2.30. The summed E-state index contributed by atoms with van der Waals surface area (Å²) in [6.45, 7) is 2.30. The molecular weight excluding hydrogens is 300 g/mol. The minimum atomic E-state index is 0.490. The number of nitrogens with zero attached hydrogens (tertiary/aromatic N) is 1. The van der Waals surface area contributed by atoms with Gasteiger partial charge in [0.05, 0.1) is 10.5 Å². The maximum absolute atomic E-state index is 3.47. The molecule has 1 aromatic heterocycles. The van der Waals surface area contributed by atoms with Crippen molar-refractivity contribution in [3.05, 3.63) is 60.2 Å². The van der Waals surface area contributed by atoms with Crippen molar-refractivity contribution in [1.82, 2.24) is 9.88 Å². The quantitative estimate of drug-likeness (QED) is 0.744. The Morgan fingerprint density at radius 1 is 1.09 bits per heavy atom. The van der Waals surface area contributed by atoms with Gasteiger partial charge in [-0.05, 0) is 44.2 Å². The molecule has 2 unspecified atom stereocenters. The Balaban J connectivity index is 2.02. The highest BCUT2D eigenvalue weighted by molar-refractivity contribution is 7.99. The number of hydrogen-bond acceptors (Lipinski definition) is 2. The van der Waals surface area contributed by atoms with Crippen LogP contribution in [0.3, 0.4) is 0 Å². The van der Waals surface area contributed by atoms with Crippen molar-refractivity contribution >= 4 is 22.7 Å². The summed E-state index contributed by atoms with van der Waals surface area (Å²) in [6.07, 6.45) is 1.24. The molecule has 0 radical (unpaired) electrons. The molecule has 2 atom stereocenters. The third kappa shape index (κ3) is 2.39. The summed E-state index contributed by atoms with van der Waals surface area (Å²) in [4.78, 5) is 0. The average Bonchev–Trinajstić information content (AvgIpc) is 2.96. The molecule has 23 heavy (non-hydrogen) atoms. The van der Waals surface area contributed by atoms with Gasteiger partial charge in [0.25, 0.3) is 0 Å². The number of hydrogen-bond donors (Lipinski definition) is 1. The molecule has 0 amide bonds. The van der Waals surface area contributed by atoms with Gasteiger partial charge in [0.15, 0.2) is 0 Å². The van der Waals surface area contributed by atoms with E-state index in [2.05, 4.69) is 78.5 Å². The van der Waals surface area contributed by atoms with Crippen LogP contribution in [0, 0.1) is 0 Å². The number of thioether (sulfide) groups is 1. The SMILES string of the molecule is CNC(C)C1CCSc2c1c1ccccc1n2-c1ccccc1. The molecule has 1 aliphatic rings. The molecule has 2 nitrogen and oxygen atoms in total. The summed E-state index contributed by atoms with van der Waals surface area (Å²) < 4.78 is 2.45. The molecule has 4 rings (SSSR count). The predicted octanol–water partition coefficient (Wildman–Crippen LogP) is 4.82. The van der Waals surface area contributed by atoms with Gasteiger partial charge in [0, 0.05) is 28.8 Å². The molecular formula is C20H22N2S. The second kappa shape index (κ2) is 6.06. The third-order valence-electron chi connectivity index (χ3n) is 4.98. The van der Waals surface area contributed by atoms with Crippen molar-refractivity contribution in [2.45, 2.75) is 30.3 Å². The Bertz CT molecular complexity index is 822. The lowest BCUT2D eigenvalue weighted by Gasteiger charge is -2.28. The van der Waals surface area contributed by atoms with Gasteiger partial charge in [-0.2, -0.15) is 0 Å². The van der Waals surface area contributed by atoms with E-state index >= 15 is 0 Å². The Hall–Kier alpha value is -1.71. The molecule has 2 heterocycles. The van der Waals surface area contributed by atoms with E-state index in [0.29, 0.717) is 12.0 Å². The van der Waals surface area contributed by atoms with Crippen molar-refractivity contribution in [3.63, 3.8) is 0 Å². The van der Waals surface area contributed by atoms with Gasteiger partial charge >= 0.3 is 0 Å². The van der Waals surface area contributed by atoms with Crippen molar-refractivity contribution in [2.24, 2.45) is 0 Å². The standard InChI is InChI=1S/C20H22N2S/c1-14(21-2)16-12-13-23-20-19(16)17-10-6-7-11-18(17)22(20)15-8-4-3-5-9-15/h3-11,14,16,21H,12-13H2,1-2H3. The topological polar surface area (TPSA) is 17.0 Å². The molecule has 0 saturated heterocycles. The summed E-state index contributed by atoms with van der Waals surface area (Å²) >= 11 is 2.00. The van der Waals surface area contributed by atoms with Crippen LogP contribution in [-0.4, -0.2) is 23.4 Å². The molecule has 2 aromatic carbocycles. The predicted molar refractivity (Wildman–Crippen MR) is 99.9 cm³/mol. The van der Waals surface area contributed by atoms with E-state index in [4.69, 9.17) is 0 Å². The zero-order chi connectivity index (χ0) is 15.8. The highest BCUT2D eigenvalue weighted by atomic mass is 32.2. The first-order valence-electron chi connectivity index (χ1n) is 8.30. The number of nitrogens with one attached hydrogen (secondary N) is 1. The fraction of sp³-hybridized carbons (Fsp3) is 0.300. The van der Waals surface area contributed by atoms with Crippen molar-refractivity contribution in [2.75, 3.05) is 12.8 Å². The summed E-state index contributed by atoms with van der Waals surface area (Å²) in [5.74, 6) is 1.76. The van der Waals surface area contributed by atoms with Crippen molar-refractivity contribution in [1.29, 1.82) is 0 Å². The highest BCUT2D eigenvalue weighted by Crippen LogP contribution is 2.46. The van der Waals surface area contributed by atoms with Crippen LogP contribution in [0.15, 0.2) is 59.6 Å². The summed E-state index contributed by atoms with van der Waals surface area (Å²) in [5.41, 5.74) is 4.11. The molecule has 0 aliphatic carbocycles. The van der Waals surface area contributed by atoms with E-state index in [-0.39, 0.29) is 0 Å². The fourth-order valence-corrected chi connectivity index (χ4v) is 5.02. The number of rotatable bonds is 3. The largest absolute Gasteiger partial charge is 0.317 e. The van der Waals surface area contributed by atoms with Crippen LogP contribution in [0.25, 0.3) is 16.6 Å². The van der Waals surface area contributed by atoms with E-state index in [9.17, 15) is 0 Å². The molecule has 3 aromatic rings. The number of fused-ring (bicyclic) bond motifs is 3. The summed E-state index contributed by atoms with van der Waals surface area (Å²) in [5, 5.41) is 6.31. The Labute approximate surface area is 141 Å². The van der Waals surface area contributed by atoms with Crippen LogP contribution in [-0.2, 0) is 0 Å². The van der Waals surface area contributed by atoms with Gasteiger partial charge in [0.1, 0.15) is 0 Å². The van der Waals surface area contributed by atoms with Crippen LogP contribution in [0.2, 0.25) is 0 Å². The van der Waals surface area contributed by atoms with Crippen LogP contribution >= 0.6 is 11.8 Å². The first-order chi connectivity index (χ1) is 11.3. The van der Waals surface area contributed by atoms with E-state index in [1.165, 1.54) is 39.4 Å². The van der Waals surface area contributed by atoms with Gasteiger partial charge in [-0.25, -0.2) is 0 Å². The molecule has 0 fully saturated rings. The molecule has 0 saturated carbocycles. The fourth-order valence-electron chi connectivity index (χ4n) is 3.70. The van der Waals surface area contributed by atoms with Crippen molar-refractivity contribution in [3.8, 4) is 5.69 Å². The number of aromatic nitrogens is 1. The molecule has 0 bridgehead atoms. The van der Waals surface area contributed by atoms with Crippen molar-refractivity contribution < 1.29 is 0 Å². The minimum Gasteiger partial charge on any atom is -0.317 e. The first kappa shape index (κ1) is 14.9. The Morgan fingerprint density at radius 3 is 2.61 bits per heavy atom. The molecule has 1 aliphatic heterocycles. The van der Waals surface area contributed by atoms with Crippen LogP contribution in [0.1, 0.15) is 24.8 Å². The van der Waals surface area contributed by atoms with E-state index in [1.807, 2.05) is 11.8 Å². The van der Waals surface area contributed by atoms with Crippen LogP contribution in [0.5, 0.6) is 0 Å². The second-order valence-electron chi connectivity index (χ2n) is 6.23. The molecule has 1 N–H and O–H groups in total.